The fraction of sp³-hybridized carbons (Fsp3) is 0.750. The molecule has 0 aromatic carbocycles. The molecule has 0 bridgehead atoms. The first kappa shape index (κ1) is 17.2. The van der Waals surface area contributed by atoms with Gasteiger partial charge in [-0.25, -0.2) is 4.79 Å². The quantitative estimate of drug-likeness (QED) is 0.620. The van der Waals surface area contributed by atoms with E-state index < -0.39 is 11.4 Å². The standard InChI is InChI=1S/C12H23N3O4/c1-12(2,10(18)13-3)8-14-11(19)15(4)7-5-6-9(16)17/h5-8H2,1-4H3,(H,13,18)(H,14,19)(H,16,17). The van der Waals surface area contributed by atoms with Crippen LogP contribution in [0.25, 0.3) is 0 Å². The number of carboxylic acid groups (broad SMARTS) is 1. The van der Waals surface area contributed by atoms with Gasteiger partial charge < -0.3 is 20.6 Å². The zero-order valence-corrected chi connectivity index (χ0v) is 11.9. The summed E-state index contributed by atoms with van der Waals surface area (Å²) in [7, 11) is 3.13. The molecule has 7 nitrogen and oxygen atoms in total. The lowest BCUT2D eigenvalue weighted by Gasteiger charge is -2.25. The Hall–Kier alpha value is -1.79. The summed E-state index contributed by atoms with van der Waals surface area (Å²) in [4.78, 5) is 35.0. The third-order valence-corrected chi connectivity index (χ3v) is 2.75. The minimum absolute atomic E-state index is 0.0291. The van der Waals surface area contributed by atoms with E-state index in [2.05, 4.69) is 10.6 Å². The number of urea groups is 1. The molecule has 110 valence electrons. The summed E-state index contributed by atoms with van der Waals surface area (Å²) in [6.07, 6.45) is 0.430. The van der Waals surface area contributed by atoms with Crippen LogP contribution in [-0.4, -0.2) is 55.1 Å². The number of aliphatic carboxylic acids is 1. The molecule has 19 heavy (non-hydrogen) atoms. The van der Waals surface area contributed by atoms with Gasteiger partial charge in [0.25, 0.3) is 0 Å². The Morgan fingerprint density at radius 1 is 1.26 bits per heavy atom. The molecule has 0 unspecified atom stereocenters. The summed E-state index contributed by atoms with van der Waals surface area (Å²) in [5, 5.41) is 13.7. The number of amides is 3. The Balaban J connectivity index is 4.09. The largest absolute Gasteiger partial charge is 0.481 e. The third-order valence-electron chi connectivity index (χ3n) is 2.75. The zero-order valence-electron chi connectivity index (χ0n) is 11.9. The second kappa shape index (κ2) is 7.60. The van der Waals surface area contributed by atoms with Crippen LogP contribution in [0.1, 0.15) is 26.7 Å². The van der Waals surface area contributed by atoms with Gasteiger partial charge >= 0.3 is 12.0 Å². The third kappa shape index (κ3) is 6.64. The Morgan fingerprint density at radius 3 is 2.32 bits per heavy atom. The van der Waals surface area contributed by atoms with Crippen LogP contribution < -0.4 is 10.6 Å². The normalized spacial score (nSPS) is 10.7. The number of carbonyl (C=O) groups is 3. The van der Waals surface area contributed by atoms with Crippen molar-refractivity contribution in [2.45, 2.75) is 26.7 Å². The Bertz CT molecular complexity index is 342. The van der Waals surface area contributed by atoms with Gasteiger partial charge in [-0.3, -0.25) is 9.59 Å². The predicted molar refractivity (Wildman–Crippen MR) is 70.7 cm³/mol. The van der Waals surface area contributed by atoms with Gasteiger partial charge in [0, 0.05) is 33.6 Å². The van der Waals surface area contributed by atoms with Crippen molar-refractivity contribution >= 4 is 17.9 Å². The lowest BCUT2D eigenvalue weighted by atomic mass is 9.92. The number of carboxylic acids is 1. The minimum Gasteiger partial charge on any atom is -0.481 e. The fourth-order valence-corrected chi connectivity index (χ4v) is 1.42. The number of rotatable bonds is 7. The molecular weight excluding hydrogens is 250 g/mol. The maximum absolute atomic E-state index is 11.7. The highest BCUT2D eigenvalue weighted by molar-refractivity contribution is 5.82. The van der Waals surface area contributed by atoms with Gasteiger partial charge in [0.15, 0.2) is 0 Å². The average Bonchev–Trinajstić information content (AvgIpc) is 2.34. The molecule has 0 spiro atoms. The Morgan fingerprint density at radius 2 is 1.84 bits per heavy atom. The Labute approximate surface area is 113 Å². The number of hydrogen-bond donors (Lipinski definition) is 3. The van der Waals surface area contributed by atoms with Gasteiger partial charge in [0.2, 0.25) is 5.91 Å². The van der Waals surface area contributed by atoms with Crippen LogP contribution in [-0.2, 0) is 9.59 Å². The van der Waals surface area contributed by atoms with E-state index in [-0.39, 0.29) is 24.9 Å². The van der Waals surface area contributed by atoms with Crippen molar-refractivity contribution in [3.63, 3.8) is 0 Å². The maximum atomic E-state index is 11.7. The van der Waals surface area contributed by atoms with Gasteiger partial charge in [-0.05, 0) is 20.3 Å². The predicted octanol–water partition coefficient (Wildman–Crippen LogP) is 0.265. The van der Waals surface area contributed by atoms with E-state index >= 15 is 0 Å². The molecule has 0 aliphatic rings. The molecule has 0 saturated carbocycles. The zero-order chi connectivity index (χ0) is 15.1. The van der Waals surface area contributed by atoms with E-state index in [4.69, 9.17) is 5.11 Å². The van der Waals surface area contributed by atoms with Crippen molar-refractivity contribution in [3.05, 3.63) is 0 Å². The first-order valence-corrected chi connectivity index (χ1v) is 6.13. The summed E-state index contributed by atoms with van der Waals surface area (Å²) in [6.45, 7) is 4.04. The van der Waals surface area contributed by atoms with E-state index in [0.29, 0.717) is 13.0 Å². The highest BCUT2D eigenvalue weighted by atomic mass is 16.4. The average molecular weight is 273 g/mol. The number of nitrogens with zero attached hydrogens (tertiary/aromatic N) is 1. The van der Waals surface area contributed by atoms with Crippen LogP contribution in [0.15, 0.2) is 0 Å². The molecule has 0 aromatic rings. The second-order valence-electron chi connectivity index (χ2n) is 5.04. The molecule has 7 heteroatoms. The summed E-state index contributed by atoms with van der Waals surface area (Å²) in [5.41, 5.74) is -0.688. The topological polar surface area (TPSA) is 98.7 Å². The van der Waals surface area contributed by atoms with Crippen LogP contribution in [0, 0.1) is 5.41 Å². The van der Waals surface area contributed by atoms with Crippen LogP contribution >= 0.6 is 0 Å². The van der Waals surface area contributed by atoms with Gasteiger partial charge in [-0.1, -0.05) is 0 Å². The highest BCUT2D eigenvalue weighted by Gasteiger charge is 2.27. The number of hydrogen-bond acceptors (Lipinski definition) is 3. The summed E-state index contributed by atoms with van der Waals surface area (Å²) < 4.78 is 0. The van der Waals surface area contributed by atoms with Crippen LogP contribution in [0.4, 0.5) is 4.79 Å². The molecule has 3 N–H and O–H groups in total. The molecular formula is C12H23N3O4. The Kier molecular flexibility index (Phi) is 6.89. The highest BCUT2D eigenvalue weighted by Crippen LogP contribution is 2.13. The van der Waals surface area contributed by atoms with Crippen molar-refractivity contribution in [1.82, 2.24) is 15.5 Å². The van der Waals surface area contributed by atoms with E-state index in [1.54, 1.807) is 27.9 Å². The van der Waals surface area contributed by atoms with Gasteiger partial charge in [0.05, 0.1) is 5.41 Å². The van der Waals surface area contributed by atoms with E-state index in [0.717, 1.165) is 0 Å². The van der Waals surface area contributed by atoms with Crippen LogP contribution in [0.5, 0.6) is 0 Å². The van der Waals surface area contributed by atoms with Crippen molar-refractivity contribution in [2.24, 2.45) is 5.41 Å². The van der Waals surface area contributed by atoms with Crippen LogP contribution in [0.3, 0.4) is 0 Å². The molecule has 3 amide bonds. The fourth-order valence-electron chi connectivity index (χ4n) is 1.42. The smallest absolute Gasteiger partial charge is 0.317 e. The SMILES string of the molecule is CNC(=O)C(C)(C)CNC(=O)N(C)CCCC(=O)O. The van der Waals surface area contributed by atoms with Crippen LogP contribution in [0.2, 0.25) is 0 Å². The number of carbonyl (C=O) groups excluding carboxylic acids is 2. The van der Waals surface area contributed by atoms with Crippen molar-refractivity contribution < 1.29 is 19.5 Å². The first-order chi connectivity index (χ1) is 8.70. The summed E-state index contributed by atoms with van der Waals surface area (Å²) in [6, 6.07) is -0.317. The molecule has 0 aromatic heterocycles. The molecule has 0 atom stereocenters. The van der Waals surface area contributed by atoms with Crippen molar-refractivity contribution in [2.75, 3.05) is 27.2 Å². The summed E-state index contributed by atoms with van der Waals surface area (Å²) in [5.74, 6) is -1.03. The monoisotopic (exact) mass is 273 g/mol. The van der Waals surface area contributed by atoms with E-state index in [1.807, 2.05) is 0 Å². The number of nitrogens with one attached hydrogen (secondary N) is 2. The summed E-state index contributed by atoms with van der Waals surface area (Å²) >= 11 is 0. The molecule has 0 fully saturated rings. The van der Waals surface area contributed by atoms with Crippen molar-refractivity contribution in [1.29, 1.82) is 0 Å². The minimum atomic E-state index is -0.880. The molecule has 0 rings (SSSR count). The van der Waals surface area contributed by atoms with Gasteiger partial charge in [0.1, 0.15) is 0 Å². The van der Waals surface area contributed by atoms with Gasteiger partial charge in [-0.2, -0.15) is 0 Å². The molecule has 0 saturated heterocycles. The lowest BCUT2D eigenvalue weighted by Crippen LogP contribution is -2.47. The van der Waals surface area contributed by atoms with E-state index in [1.165, 1.54) is 4.90 Å². The maximum Gasteiger partial charge on any atom is 0.317 e. The molecule has 0 aliphatic heterocycles. The van der Waals surface area contributed by atoms with Crippen molar-refractivity contribution in [3.8, 4) is 0 Å². The first-order valence-electron chi connectivity index (χ1n) is 6.13. The van der Waals surface area contributed by atoms with Gasteiger partial charge in [-0.15, -0.1) is 0 Å². The lowest BCUT2D eigenvalue weighted by molar-refractivity contribution is -0.137. The van der Waals surface area contributed by atoms with E-state index in [9.17, 15) is 14.4 Å². The molecule has 0 radical (unpaired) electrons. The molecule has 0 heterocycles. The second-order valence-corrected chi connectivity index (χ2v) is 5.04. The molecule has 0 aliphatic carbocycles.